The van der Waals surface area contributed by atoms with Crippen LogP contribution in [0.25, 0.3) is 11.1 Å². The average Bonchev–Trinajstić information content (AvgIpc) is 3.34. The average molecular weight is 565 g/mol. The molecule has 214 valence electrons. The zero-order valence-electron chi connectivity index (χ0n) is 23.1. The van der Waals surface area contributed by atoms with E-state index in [2.05, 4.69) is 10.6 Å². The Labute approximate surface area is 244 Å². The van der Waals surface area contributed by atoms with Crippen molar-refractivity contribution in [1.29, 1.82) is 0 Å². The van der Waals surface area contributed by atoms with Gasteiger partial charge in [-0.05, 0) is 40.3 Å². The Balaban J connectivity index is 1.30. The molecule has 42 heavy (non-hydrogen) atoms. The van der Waals surface area contributed by atoms with Crippen molar-refractivity contribution in [3.05, 3.63) is 131 Å². The molecule has 0 aromatic heterocycles. The molecule has 1 aliphatic carbocycles. The van der Waals surface area contributed by atoms with Crippen LogP contribution < -0.4 is 10.6 Å². The molecule has 0 saturated heterocycles. The number of nitrogens with one attached hydrogen (secondary N) is 2. The smallest absolute Gasteiger partial charge is 0.407 e. The van der Waals surface area contributed by atoms with E-state index in [9.17, 15) is 19.5 Å². The number of aliphatic carboxylic acids is 1. The predicted molar refractivity (Wildman–Crippen MR) is 158 cm³/mol. The fourth-order valence-electron chi connectivity index (χ4n) is 5.23. The third-order valence-electron chi connectivity index (χ3n) is 7.39. The van der Waals surface area contributed by atoms with Crippen LogP contribution in [0.3, 0.4) is 0 Å². The lowest BCUT2D eigenvalue weighted by Crippen LogP contribution is -2.54. The summed E-state index contributed by atoms with van der Waals surface area (Å²) in [4.78, 5) is 38.7. The highest BCUT2D eigenvalue weighted by Crippen LogP contribution is 2.44. The summed E-state index contributed by atoms with van der Waals surface area (Å²) < 4.78 is 11.6. The molecule has 3 N–H and O–H groups in total. The molecule has 3 atom stereocenters. The molecule has 4 aromatic carbocycles. The molecule has 0 aliphatic heterocycles. The van der Waals surface area contributed by atoms with E-state index in [0.717, 1.165) is 27.8 Å². The Bertz CT molecular complexity index is 1500. The number of amides is 2. The van der Waals surface area contributed by atoms with Gasteiger partial charge in [-0.15, -0.1) is 0 Å². The summed E-state index contributed by atoms with van der Waals surface area (Å²) in [7, 11) is 0. The maximum atomic E-state index is 13.5. The zero-order chi connectivity index (χ0) is 29.5. The highest BCUT2D eigenvalue weighted by Gasteiger charge is 2.33. The molecule has 0 heterocycles. The van der Waals surface area contributed by atoms with Gasteiger partial charge in [0.2, 0.25) is 5.91 Å². The lowest BCUT2D eigenvalue weighted by atomic mass is 9.98. The molecule has 8 heteroatoms. The number of carboxylic acids is 1. The van der Waals surface area contributed by atoms with Crippen LogP contribution in [-0.2, 0) is 25.7 Å². The molecule has 0 radical (unpaired) electrons. The van der Waals surface area contributed by atoms with E-state index in [1.807, 2.05) is 78.9 Å². The van der Waals surface area contributed by atoms with Gasteiger partial charge in [-0.1, -0.05) is 109 Å². The fourth-order valence-corrected chi connectivity index (χ4v) is 5.23. The number of carbonyl (C=O) groups excluding carboxylic acids is 2. The van der Waals surface area contributed by atoms with E-state index < -0.39 is 36.2 Å². The summed E-state index contributed by atoms with van der Waals surface area (Å²) in [6.45, 7) is 1.91. The quantitative estimate of drug-likeness (QED) is 0.224. The summed E-state index contributed by atoms with van der Waals surface area (Å²) in [5.74, 6) is -2.09. The van der Waals surface area contributed by atoms with Crippen LogP contribution in [0, 0.1) is 0 Å². The van der Waals surface area contributed by atoms with Crippen molar-refractivity contribution in [1.82, 2.24) is 10.6 Å². The summed E-state index contributed by atoms with van der Waals surface area (Å²) in [5.41, 5.74) is 5.61. The van der Waals surface area contributed by atoms with Crippen molar-refractivity contribution in [2.45, 2.75) is 37.6 Å². The highest BCUT2D eigenvalue weighted by atomic mass is 16.5. The van der Waals surface area contributed by atoms with Crippen LogP contribution in [0.2, 0.25) is 0 Å². The molecule has 0 bridgehead atoms. The van der Waals surface area contributed by atoms with Gasteiger partial charge >= 0.3 is 12.1 Å². The van der Waals surface area contributed by atoms with E-state index in [-0.39, 0.29) is 19.1 Å². The maximum Gasteiger partial charge on any atom is 0.407 e. The largest absolute Gasteiger partial charge is 0.479 e. The van der Waals surface area contributed by atoms with Crippen LogP contribution in [0.5, 0.6) is 0 Å². The van der Waals surface area contributed by atoms with E-state index in [1.54, 1.807) is 37.3 Å². The Morgan fingerprint density at radius 1 is 0.762 bits per heavy atom. The molecule has 0 fully saturated rings. The van der Waals surface area contributed by atoms with Crippen molar-refractivity contribution in [3.8, 4) is 11.1 Å². The van der Waals surface area contributed by atoms with Gasteiger partial charge < -0.3 is 25.2 Å². The maximum absolute atomic E-state index is 13.5. The topological polar surface area (TPSA) is 114 Å². The molecule has 0 saturated carbocycles. The standard InChI is InChI=1S/C34H32N2O6/c1-22(41-20-23-12-4-2-5-13-23)30(32(37)35-31(33(38)39)24-14-6-3-7-15-24)36-34(40)42-21-29-27-18-10-8-16-25(27)26-17-9-11-19-28(26)29/h2-19,22,29-31H,20-21H2,1H3,(H,35,37)(H,36,40)(H,38,39)/t22-,30+,31?/m0/s1. The van der Waals surface area contributed by atoms with Crippen LogP contribution >= 0.6 is 0 Å². The molecule has 4 aromatic rings. The van der Waals surface area contributed by atoms with Crippen molar-refractivity contribution in [2.75, 3.05) is 6.61 Å². The Hall–Kier alpha value is -4.95. The molecule has 2 amide bonds. The summed E-state index contributed by atoms with van der Waals surface area (Å²) >= 11 is 0. The van der Waals surface area contributed by atoms with Crippen molar-refractivity contribution in [3.63, 3.8) is 0 Å². The molecule has 1 aliphatic rings. The minimum absolute atomic E-state index is 0.0647. The third-order valence-corrected chi connectivity index (χ3v) is 7.39. The molecule has 1 unspecified atom stereocenters. The van der Waals surface area contributed by atoms with Crippen LogP contribution in [0.1, 0.15) is 41.1 Å². The Kier molecular flexibility index (Phi) is 8.94. The summed E-state index contributed by atoms with van der Waals surface area (Å²) in [6, 6.07) is 31.2. The van der Waals surface area contributed by atoms with Gasteiger partial charge in [0.05, 0.1) is 12.7 Å². The monoisotopic (exact) mass is 564 g/mol. The first-order valence-corrected chi connectivity index (χ1v) is 13.8. The summed E-state index contributed by atoms with van der Waals surface area (Å²) in [5, 5.41) is 15.0. The molecular weight excluding hydrogens is 532 g/mol. The van der Waals surface area contributed by atoms with E-state index in [0.29, 0.717) is 5.56 Å². The summed E-state index contributed by atoms with van der Waals surface area (Å²) in [6.07, 6.45) is -1.62. The van der Waals surface area contributed by atoms with Crippen molar-refractivity contribution >= 4 is 18.0 Å². The second-order valence-corrected chi connectivity index (χ2v) is 10.1. The first-order chi connectivity index (χ1) is 20.4. The number of alkyl carbamates (subject to hydrolysis) is 1. The number of fused-ring (bicyclic) bond motifs is 3. The zero-order valence-corrected chi connectivity index (χ0v) is 23.1. The molecule has 8 nitrogen and oxygen atoms in total. The Morgan fingerprint density at radius 3 is 1.90 bits per heavy atom. The van der Waals surface area contributed by atoms with Crippen molar-refractivity contribution < 1.29 is 29.0 Å². The first kappa shape index (κ1) is 28.6. The van der Waals surface area contributed by atoms with Gasteiger partial charge in [0.15, 0.2) is 6.04 Å². The molecular formula is C34H32N2O6. The van der Waals surface area contributed by atoms with E-state index in [4.69, 9.17) is 9.47 Å². The van der Waals surface area contributed by atoms with Crippen LogP contribution in [0.4, 0.5) is 4.79 Å². The van der Waals surface area contributed by atoms with Crippen LogP contribution in [-0.4, -0.2) is 41.8 Å². The number of hydrogen-bond donors (Lipinski definition) is 3. The number of ether oxygens (including phenoxy) is 2. The number of benzene rings is 4. The third kappa shape index (κ3) is 6.50. The van der Waals surface area contributed by atoms with Gasteiger partial charge in [-0.3, -0.25) is 4.79 Å². The van der Waals surface area contributed by atoms with E-state index >= 15 is 0 Å². The van der Waals surface area contributed by atoms with Gasteiger partial charge in [-0.2, -0.15) is 0 Å². The second kappa shape index (κ2) is 13.1. The normalized spacial score (nSPS) is 14.1. The van der Waals surface area contributed by atoms with Crippen LogP contribution in [0.15, 0.2) is 109 Å². The molecule has 5 rings (SSSR count). The van der Waals surface area contributed by atoms with Gasteiger partial charge in [0, 0.05) is 5.92 Å². The molecule has 0 spiro atoms. The number of rotatable bonds is 11. The SMILES string of the molecule is C[C@H](OCc1ccccc1)[C@@H](NC(=O)OCC1c2ccccc2-c2ccccc21)C(=O)NC(C(=O)O)c1ccccc1. The number of carboxylic acid groups (broad SMARTS) is 1. The van der Waals surface area contributed by atoms with Gasteiger partial charge in [-0.25, -0.2) is 9.59 Å². The van der Waals surface area contributed by atoms with Gasteiger partial charge in [0.1, 0.15) is 12.6 Å². The Morgan fingerprint density at radius 2 is 1.31 bits per heavy atom. The highest BCUT2D eigenvalue weighted by molar-refractivity contribution is 5.90. The lowest BCUT2D eigenvalue weighted by Gasteiger charge is -2.26. The lowest BCUT2D eigenvalue weighted by molar-refractivity contribution is -0.143. The fraction of sp³-hybridized carbons (Fsp3) is 0.206. The number of hydrogen-bond acceptors (Lipinski definition) is 5. The predicted octanol–water partition coefficient (Wildman–Crippen LogP) is 5.44. The number of carbonyl (C=O) groups is 3. The minimum atomic E-state index is -1.31. The van der Waals surface area contributed by atoms with Gasteiger partial charge in [0.25, 0.3) is 0 Å². The second-order valence-electron chi connectivity index (χ2n) is 10.1. The first-order valence-electron chi connectivity index (χ1n) is 13.8. The van der Waals surface area contributed by atoms with Crippen molar-refractivity contribution in [2.24, 2.45) is 0 Å². The minimum Gasteiger partial charge on any atom is -0.479 e. The van der Waals surface area contributed by atoms with E-state index in [1.165, 1.54) is 0 Å².